The van der Waals surface area contributed by atoms with Crippen LogP contribution in [0.3, 0.4) is 0 Å². The Morgan fingerprint density at radius 1 is 1.16 bits per heavy atom. The van der Waals surface area contributed by atoms with Gasteiger partial charge in [0, 0.05) is 20.6 Å². The predicted octanol–water partition coefficient (Wildman–Crippen LogP) is 6.53. The smallest absolute Gasteiger partial charge is 0.341 e. The van der Waals surface area contributed by atoms with Gasteiger partial charge in [0.05, 0.1) is 17.1 Å². The Hall–Kier alpha value is -3.16. The number of hydrogen-bond acceptors (Lipinski definition) is 3. The number of aryl methyl sites for hydroxylation is 1. The molecular weight excluding hydrogens is 499 g/mol. The van der Waals surface area contributed by atoms with Crippen LogP contribution in [0.4, 0.5) is 4.39 Å². The molecule has 0 aliphatic heterocycles. The maximum atomic E-state index is 13.5. The molecule has 4 rings (SSSR count). The lowest BCUT2D eigenvalue weighted by atomic mass is 10.1. The lowest BCUT2D eigenvalue weighted by molar-refractivity contribution is -0.139. The molecule has 0 bridgehead atoms. The molecule has 1 aromatic heterocycles. The Morgan fingerprint density at radius 3 is 2.59 bits per heavy atom. The first-order chi connectivity index (χ1) is 15.3. The molecule has 0 saturated carbocycles. The summed E-state index contributed by atoms with van der Waals surface area (Å²) in [5.74, 6) is -1.02. The van der Waals surface area contributed by atoms with Crippen molar-refractivity contribution in [2.45, 2.75) is 6.92 Å². The summed E-state index contributed by atoms with van der Waals surface area (Å²) in [7, 11) is 0. The summed E-state index contributed by atoms with van der Waals surface area (Å²) >= 11 is 9.72. The van der Waals surface area contributed by atoms with Gasteiger partial charge in [-0.05, 0) is 73.2 Å². The van der Waals surface area contributed by atoms with Crippen molar-refractivity contribution in [2.24, 2.45) is 0 Å². The van der Waals surface area contributed by atoms with Gasteiger partial charge in [0.25, 0.3) is 0 Å². The van der Waals surface area contributed by atoms with Crippen LogP contribution >= 0.6 is 27.5 Å². The number of aromatic nitrogens is 2. The van der Waals surface area contributed by atoms with Crippen LogP contribution in [-0.4, -0.2) is 27.5 Å². The van der Waals surface area contributed by atoms with Crippen LogP contribution in [0, 0.1) is 12.7 Å². The fourth-order valence-electron chi connectivity index (χ4n) is 3.26. The number of carbonyl (C=O) groups is 1. The summed E-state index contributed by atoms with van der Waals surface area (Å²) in [6.45, 7) is 1.41. The third-order valence-electron chi connectivity index (χ3n) is 4.79. The largest absolute Gasteiger partial charge is 0.481 e. The fraction of sp³-hybridized carbons (Fsp3) is 0.0833. The minimum Gasteiger partial charge on any atom is -0.481 e. The highest BCUT2D eigenvalue weighted by Gasteiger charge is 2.18. The van der Waals surface area contributed by atoms with E-state index in [0.717, 1.165) is 21.3 Å². The van der Waals surface area contributed by atoms with E-state index in [4.69, 9.17) is 26.5 Å². The number of nitrogens with zero attached hydrogens (tertiary/aromatic N) is 2. The number of hydrogen-bond donors (Lipinski definition) is 1. The second-order valence-electron chi connectivity index (χ2n) is 7.09. The van der Waals surface area contributed by atoms with Gasteiger partial charge in [-0.1, -0.05) is 33.6 Å². The Balaban J connectivity index is 1.91. The van der Waals surface area contributed by atoms with E-state index in [-0.39, 0.29) is 5.82 Å². The van der Waals surface area contributed by atoms with Crippen molar-refractivity contribution in [3.8, 4) is 34.0 Å². The molecule has 0 unspecified atom stereocenters. The molecule has 0 amide bonds. The van der Waals surface area contributed by atoms with Crippen LogP contribution in [0.15, 0.2) is 71.2 Å². The molecule has 5 nitrogen and oxygen atoms in total. The molecule has 3 aromatic carbocycles. The first kappa shape index (κ1) is 22.0. The molecule has 0 fully saturated rings. The zero-order chi connectivity index (χ0) is 22.8. The molecule has 0 aliphatic rings. The standard InChI is InChI=1S/C24H17BrClFN2O3/c1-14-9-23(32-13-24(30)31)19(11-20(14)25)21-12-22(15-5-7-17(27)8-6-15)29(28-21)18-4-2-3-16(26)10-18/h2-12H,13H2,1H3,(H,30,31). The highest BCUT2D eigenvalue weighted by atomic mass is 79.9. The number of rotatable bonds is 6. The summed E-state index contributed by atoms with van der Waals surface area (Å²) in [5.41, 5.74) is 4.26. The van der Waals surface area contributed by atoms with E-state index in [2.05, 4.69) is 15.9 Å². The zero-order valence-corrected chi connectivity index (χ0v) is 19.2. The van der Waals surface area contributed by atoms with E-state index in [9.17, 15) is 9.18 Å². The van der Waals surface area contributed by atoms with Crippen molar-refractivity contribution < 1.29 is 19.0 Å². The SMILES string of the molecule is Cc1cc(OCC(=O)O)c(-c2cc(-c3ccc(F)cc3)n(-c3cccc(Cl)c3)n2)cc1Br. The number of halogens is 3. The van der Waals surface area contributed by atoms with Crippen LogP contribution in [0.1, 0.15) is 5.56 Å². The van der Waals surface area contributed by atoms with Crippen LogP contribution in [0.2, 0.25) is 5.02 Å². The van der Waals surface area contributed by atoms with Crippen molar-refractivity contribution in [3.05, 3.63) is 87.6 Å². The summed E-state index contributed by atoms with van der Waals surface area (Å²) in [6.07, 6.45) is 0. The van der Waals surface area contributed by atoms with Gasteiger partial charge in [0.15, 0.2) is 6.61 Å². The maximum Gasteiger partial charge on any atom is 0.341 e. The molecule has 0 atom stereocenters. The van der Waals surface area contributed by atoms with E-state index in [1.54, 1.807) is 35.0 Å². The molecule has 0 aliphatic carbocycles. The van der Waals surface area contributed by atoms with Crippen molar-refractivity contribution in [1.29, 1.82) is 0 Å². The van der Waals surface area contributed by atoms with E-state index in [0.29, 0.717) is 27.7 Å². The van der Waals surface area contributed by atoms with E-state index >= 15 is 0 Å². The average Bonchev–Trinajstić information content (AvgIpc) is 3.20. The molecule has 4 aromatic rings. The van der Waals surface area contributed by atoms with Crippen molar-refractivity contribution in [1.82, 2.24) is 9.78 Å². The van der Waals surface area contributed by atoms with Crippen LogP contribution in [0.5, 0.6) is 5.75 Å². The van der Waals surface area contributed by atoms with Crippen molar-refractivity contribution >= 4 is 33.5 Å². The Bertz CT molecular complexity index is 1310. The van der Waals surface area contributed by atoms with Gasteiger partial charge in [-0.15, -0.1) is 0 Å². The summed E-state index contributed by atoms with van der Waals surface area (Å²) in [4.78, 5) is 11.1. The van der Waals surface area contributed by atoms with Crippen molar-refractivity contribution in [2.75, 3.05) is 6.61 Å². The van der Waals surface area contributed by atoms with Crippen LogP contribution < -0.4 is 4.74 Å². The lowest BCUT2D eigenvalue weighted by Gasteiger charge is -2.11. The highest BCUT2D eigenvalue weighted by Crippen LogP contribution is 2.37. The van der Waals surface area contributed by atoms with Gasteiger partial charge in [0.2, 0.25) is 0 Å². The van der Waals surface area contributed by atoms with E-state index in [1.165, 1.54) is 12.1 Å². The molecule has 162 valence electrons. The molecule has 0 spiro atoms. The molecule has 32 heavy (non-hydrogen) atoms. The van der Waals surface area contributed by atoms with Crippen molar-refractivity contribution in [3.63, 3.8) is 0 Å². The van der Waals surface area contributed by atoms with E-state index < -0.39 is 12.6 Å². The minimum atomic E-state index is -1.08. The summed E-state index contributed by atoms with van der Waals surface area (Å²) in [6, 6.07) is 18.8. The normalized spacial score (nSPS) is 10.9. The molecule has 1 heterocycles. The average molecular weight is 516 g/mol. The lowest BCUT2D eigenvalue weighted by Crippen LogP contribution is -2.10. The molecule has 0 saturated heterocycles. The third-order valence-corrected chi connectivity index (χ3v) is 5.88. The summed E-state index contributed by atoms with van der Waals surface area (Å²) < 4.78 is 21.6. The monoisotopic (exact) mass is 514 g/mol. The number of ether oxygens (including phenoxy) is 1. The Morgan fingerprint density at radius 2 is 1.91 bits per heavy atom. The molecule has 0 radical (unpaired) electrons. The predicted molar refractivity (Wildman–Crippen MR) is 125 cm³/mol. The summed E-state index contributed by atoms with van der Waals surface area (Å²) in [5, 5.41) is 14.4. The van der Waals surface area contributed by atoms with Crippen LogP contribution in [-0.2, 0) is 4.79 Å². The number of aliphatic carboxylic acids is 1. The number of carboxylic acid groups (broad SMARTS) is 1. The van der Waals surface area contributed by atoms with Gasteiger partial charge in [0.1, 0.15) is 11.6 Å². The van der Waals surface area contributed by atoms with Gasteiger partial charge in [-0.3, -0.25) is 0 Å². The van der Waals surface area contributed by atoms with E-state index in [1.807, 2.05) is 31.2 Å². The van der Waals surface area contributed by atoms with Crippen LogP contribution in [0.25, 0.3) is 28.2 Å². The molecule has 8 heteroatoms. The van der Waals surface area contributed by atoms with Gasteiger partial charge < -0.3 is 9.84 Å². The zero-order valence-electron chi connectivity index (χ0n) is 16.8. The van der Waals surface area contributed by atoms with Gasteiger partial charge in [-0.2, -0.15) is 5.10 Å². The quantitative estimate of drug-likeness (QED) is 0.317. The number of carboxylic acids is 1. The molecule has 1 N–H and O–H groups in total. The Kier molecular flexibility index (Phi) is 6.30. The number of benzene rings is 3. The van der Waals surface area contributed by atoms with Gasteiger partial charge >= 0.3 is 5.97 Å². The second-order valence-corrected chi connectivity index (χ2v) is 8.38. The minimum absolute atomic E-state index is 0.338. The molecular formula is C24H17BrClFN2O3. The first-order valence-electron chi connectivity index (χ1n) is 9.59. The van der Waals surface area contributed by atoms with Gasteiger partial charge in [-0.25, -0.2) is 13.9 Å². The maximum absolute atomic E-state index is 13.5. The highest BCUT2D eigenvalue weighted by molar-refractivity contribution is 9.10. The Labute approximate surface area is 197 Å². The topological polar surface area (TPSA) is 64.3 Å². The fourth-order valence-corrected chi connectivity index (χ4v) is 3.79. The third kappa shape index (κ3) is 4.69. The second kappa shape index (κ2) is 9.14. The first-order valence-corrected chi connectivity index (χ1v) is 10.8.